The highest BCUT2D eigenvalue weighted by Crippen LogP contribution is 2.17. The maximum atomic E-state index is 11.0. The minimum Gasteiger partial charge on any atom is -0.477 e. The number of rotatable bonds is 5. The molecule has 0 aliphatic carbocycles. The molecule has 0 amide bonds. The van der Waals surface area contributed by atoms with Crippen LogP contribution in [0, 0.1) is 0 Å². The number of carbonyl (C=O) groups is 1. The summed E-state index contributed by atoms with van der Waals surface area (Å²) in [5.41, 5.74) is 0.266. The summed E-state index contributed by atoms with van der Waals surface area (Å²) in [7, 11) is 1.58. The van der Waals surface area contributed by atoms with Crippen LogP contribution in [0.5, 0.6) is 0 Å². The number of nitrogens with zero attached hydrogens (tertiary/aromatic N) is 4. The fourth-order valence-corrected chi connectivity index (χ4v) is 1.42. The second kappa shape index (κ2) is 4.74. The third-order valence-corrected chi connectivity index (χ3v) is 2.22. The van der Waals surface area contributed by atoms with Gasteiger partial charge in [-0.2, -0.15) is 0 Å². The molecule has 2 rings (SSSR count). The number of ether oxygens (including phenoxy) is 1. The molecule has 0 atom stereocenters. The van der Waals surface area contributed by atoms with Crippen molar-refractivity contribution >= 4 is 5.97 Å². The molecule has 0 aliphatic rings. The van der Waals surface area contributed by atoms with Crippen molar-refractivity contribution in [2.24, 2.45) is 0 Å². The van der Waals surface area contributed by atoms with Crippen LogP contribution in [-0.4, -0.2) is 49.5 Å². The Morgan fingerprint density at radius 3 is 3.18 bits per heavy atom. The van der Waals surface area contributed by atoms with Crippen LogP contribution in [-0.2, 0) is 11.3 Å². The molecule has 2 aromatic heterocycles. The molecule has 0 saturated carbocycles. The second-order valence-corrected chi connectivity index (χ2v) is 3.27. The molecule has 8 nitrogen and oxygen atoms in total. The minimum atomic E-state index is -1.08. The predicted molar refractivity (Wildman–Crippen MR) is 56.4 cm³/mol. The fraction of sp³-hybridized carbons (Fsp3) is 0.333. The van der Waals surface area contributed by atoms with Crippen LogP contribution in [0.1, 0.15) is 10.5 Å². The number of hydrogen-bond acceptors (Lipinski definition) is 5. The van der Waals surface area contributed by atoms with E-state index in [4.69, 9.17) is 9.84 Å². The Balaban J connectivity index is 2.36. The molecule has 0 aromatic carbocycles. The first kappa shape index (κ1) is 11.3. The van der Waals surface area contributed by atoms with Gasteiger partial charge in [-0.15, -0.1) is 10.2 Å². The van der Waals surface area contributed by atoms with Gasteiger partial charge in [0.2, 0.25) is 0 Å². The molecule has 17 heavy (non-hydrogen) atoms. The number of aromatic amines is 1. The lowest BCUT2D eigenvalue weighted by molar-refractivity contribution is 0.0692. The average molecular weight is 237 g/mol. The van der Waals surface area contributed by atoms with Gasteiger partial charge in [-0.25, -0.2) is 9.78 Å². The summed E-state index contributed by atoms with van der Waals surface area (Å²) in [6.07, 6.45) is 2.82. The fourth-order valence-electron chi connectivity index (χ4n) is 1.42. The first-order valence-corrected chi connectivity index (χ1v) is 4.87. The third-order valence-electron chi connectivity index (χ3n) is 2.22. The van der Waals surface area contributed by atoms with Gasteiger partial charge in [-0.3, -0.25) is 0 Å². The molecule has 0 spiro atoms. The molecule has 0 unspecified atom stereocenters. The van der Waals surface area contributed by atoms with E-state index in [2.05, 4.69) is 20.2 Å². The summed E-state index contributed by atoms with van der Waals surface area (Å²) in [6.45, 7) is 1.02. The number of nitrogens with one attached hydrogen (secondary N) is 1. The number of methoxy groups -OCH3 is 1. The maximum Gasteiger partial charge on any atom is 0.354 e. The molecular formula is C9H11N5O3. The molecule has 0 radical (unpaired) electrons. The minimum absolute atomic E-state index is 0.00309. The summed E-state index contributed by atoms with van der Waals surface area (Å²) in [4.78, 5) is 17.5. The molecule has 2 aromatic rings. The molecule has 0 saturated heterocycles. The van der Waals surface area contributed by atoms with E-state index in [9.17, 15) is 4.79 Å². The van der Waals surface area contributed by atoms with Crippen molar-refractivity contribution in [3.05, 3.63) is 18.3 Å². The number of aromatic nitrogens is 5. The van der Waals surface area contributed by atoms with E-state index in [1.165, 1.54) is 12.7 Å². The molecule has 2 N–H and O–H groups in total. The van der Waals surface area contributed by atoms with Crippen molar-refractivity contribution in [3.8, 4) is 11.5 Å². The first-order chi connectivity index (χ1) is 8.24. The number of hydrogen-bond donors (Lipinski definition) is 2. The zero-order chi connectivity index (χ0) is 12.3. The van der Waals surface area contributed by atoms with E-state index in [1.54, 1.807) is 11.7 Å². The lowest BCUT2D eigenvalue weighted by Crippen LogP contribution is -2.07. The largest absolute Gasteiger partial charge is 0.477 e. The topological polar surface area (TPSA) is 106 Å². The summed E-state index contributed by atoms with van der Waals surface area (Å²) in [5, 5.41) is 16.6. The van der Waals surface area contributed by atoms with Gasteiger partial charge in [0.1, 0.15) is 12.0 Å². The SMILES string of the molecule is COCCn1cnnc1-c1nc[nH]c1C(=O)O. The Labute approximate surface area is 96.3 Å². The molecular weight excluding hydrogens is 226 g/mol. The molecule has 90 valence electrons. The van der Waals surface area contributed by atoms with Crippen molar-refractivity contribution in [2.45, 2.75) is 6.54 Å². The highest BCUT2D eigenvalue weighted by atomic mass is 16.5. The van der Waals surface area contributed by atoms with Crippen molar-refractivity contribution in [1.82, 2.24) is 24.7 Å². The standard InChI is InChI=1S/C9H11N5O3/c1-17-3-2-14-5-12-13-8(14)6-7(9(15)16)11-4-10-6/h4-5H,2-3H2,1H3,(H,10,11)(H,15,16). The van der Waals surface area contributed by atoms with Gasteiger partial charge >= 0.3 is 5.97 Å². The van der Waals surface area contributed by atoms with E-state index in [0.717, 1.165) is 0 Å². The van der Waals surface area contributed by atoms with Gasteiger partial charge in [0.05, 0.1) is 12.9 Å². The molecule has 0 bridgehead atoms. The third kappa shape index (κ3) is 2.16. The summed E-state index contributed by atoms with van der Waals surface area (Å²) in [5.74, 6) is -0.681. The van der Waals surface area contributed by atoms with Crippen LogP contribution in [0.2, 0.25) is 0 Å². The first-order valence-electron chi connectivity index (χ1n) is 4.87. The Morgan fingerprint density at radius 1 is 1.65 bits per heavy atom. The van der Waals surface area contributed by atoms with Crippen LogP contribution < -0.4 is 0 Å². The van der Waals surface area contributed by atoms with Crippen LogP contribution in [0.4, 0.5) is 0 Å². The number of carboxylic acid groups (broad SMARTS) is 1. The number of H-pyrrole nitrogens is 1. The van der Waals surface area contributed by atoms with Crippen molar-refractivity contribution in [1.29, 1.82) is 0 Å². The van der Waals surface area contributed by atoms with Crippen LogP contribution >= 0.6 is 0 Å². The Kier molecular flexibility index (Phi) is 3.15. The second-order valence-electron chi connectivity index (χ2n) is 3.27. The van der Waals surface area contributed by atoms with Crippen LogP contribution in [0.25, 0.3) is 11.5 Å². The summed E-state index contributed by atoms with van der Waals surface area (Å²) < 4.78 is 6.63. The smallest absolute Gasteiger partial charge is 0.354 e. The van der Waals surface area contributed by atoms with Gasteiger partial charge < -0.3 is 19.4 Å². The summed E-state index contributed by atoms with van der Waals surface area (Å²) >= 11 is 0. The van der Waals surface area contributed by atoms with Gasteiger partial charge in [0, 0.05) is 13.7 Å². The number of imidazole rings is 1. The maximum absolute atomic E-state index is 11.0. The van der Waals surface area contributed by atoms with E-state index in [0.29, 0.717) is 19.0 Å². The van der Waals surface area contributed by atoms with Crippen molar-refractivity contribution in [2.75, 3.05) is 13.7 Å². The summed E-state index contributed by atoms with van der Waals surface area (Å²) in [6, 6.07) is 0. The predicted octanol–water partition coefficient (Wildman–Crippen LogP) is 0.0128. The number of aromatic carboxylic acids is 1. The van der Waals surface area contributed by atoms with Crippen LogP contribution in [0.15, 0.2) is 12.7 Å². The van der Waals surface area contributed by atoms with E-state index in [-0.39, 0.29) is 11.4 Å². The lowest BCUT2D eigenvalue weighted by Gasteiger charge is -2.04. The van der Waals surface area contributed by atoms with E-state index < -0.39 is 5.97 Å². The zero-order valence-corrected chi connectivity index (χ0v) is 9.12. The lowest BCUT2D eigenvalue weighted by atomic mass is 10.3. The molecule has 0 fully saturated rings. The highest BCUT2D eigenvalue weighted by molar-refractivity contribution is 5.91. The normalized spacial score (nSPS) is 10.6. The van der Waals surface area contributed by atoms with Crippen LogP contribution in [0.3, 0.4) is 0 Å². The highest BCUT2D eigenvalue weighted by Gasteiger charge is 2.19. The van der Waals surface area contributed by atoms with E-state index >= 15 is 0 Å². The molecule has 2 heterocycles. The van der Waals surface area contributed by atoms with Crippen molar-refractivity contribution < 1.29 is 14.6 Å². The quantitative estimate of drug-likeness (QED) is 0.758. The average Bonchev–Trinajstić information content (AvgIpc) is 2.94. The van der Waals surface area contributed by atoms with Gasteiger partial charge in [0.25, 0.3) is 0 Å². The Hall–Kier alpha value is -2.22. The van der Waals surface area contributed by atoms with Crippen molar-refractivity contribution in [3.63, 3.8) is 0 Å². The van der Waals surface area contributed by atoms with Gasteiger partial charge in [-0.05, 0) is 0 Å². The molecule has 8 heteroatoms. The van der Waals surface area contributed by atoms with Gasteiger partial charge in [0.15, 0.2) is 11.5 Å². The monoisotopic (exact) mass is 237 g/mol. The van der Waals surface area contributed by atoms with E-state index in [1.807, 2.05) is 0 Å². The Bertz CT molecular complexity index is 518. The zero-order valence-electron chi connectivity index (χ0n) is 9.12. The number of carboxylic acids is 1. The van der Waals surface area contributed by atoms with Gasteiger partial charge in [-0.1, -0.05) is 0 Å². The molecule has 0 aliphatic heterocycles. The Morgan fingerprint density at radius 2 is 2.47 bits per heavy atom.